The number of fused-ring (bicyclic) bond motifs is 1. The van der Waals surface area contributed by atoms with Crippen molar-refractivity contribution >= 4 is 17.6 Å². The van der Waals surface area contributed by atoms with E-state index in [2.05, 4.69) is 32.3 Å². The number of likely N-dealkylation sites (N-methyl/N-ethyl adjacent to an activating group) is 1. The van der Waals surface area contributed by atoms with E-state index in [4.69, 9.17) is 4.74 Å². The summed E-state index contributed by atoms with van der Waals surface area (Å²) in [6.07, 6.45) is -0.614. The third kappa shape index (κ3) is 8.08. The highest BCUT2D eigenvalue weighted by Crippen LogP contribution is 2.36. The Kier molecular flexibility index (Phi) is 10.4. The van der Waals surface area contributed by atoms with Crippen LogP contribution in [-0.2, 0) is 30.4 Å². The summed E-state index contributed by atoms with van der Waals surface area (Å²) in [6.45, 7) is 8.48. The van der Waals surface area contributed by atoms with Gasteiger partial charge in [0.2, 0.25) is 5.91 Å². The normalized spacial score (nSPS) is 16.9. The molecule has 10 nitrogen and oxygen atoms in total. The Morgan fingerprint density at radius 1 is 0.960 bits per heavy atom. The number of alkyl halides is 3. The Morgan fingerprint density at radius 3 is 2.46 bits per heavy atom. The van der Waals surface area contributed by atoms with Crippen LogP contribution in [-0.4, -0.2) is 81.0 Å². The molecule has 2 aromatic heterocycles. The standard InChI is InChI=1S/C36H37F4N7O3/c1-3-45-12-14-46(15-13-45)22-27-5-4-24(16-30(27)36(38,39)40)17-34(48)47-11-9-25-6-7-28(18-29(25)23(47)2)50-32-19-33(41-21-31(32)37)44-35(49)26-8-10-42-43-20-26/h4-8,10,16,18-21,23H,3,9,11-15,17,22H2,1-2H3,(H,41,44,49)/t23-/m0/s1. The number of rotatable bonds is 9. The number of carbonyl (C=O) groups is 2. The van der Waals surface area contributed by atoms with Crippen molar-refractivity contribution in [3.8, 4) is 11.5 Å². The van der Waals surface area contributed by atoms with E-state index in [0.717, 1.165) is 43.0 Å². The van der Waals surface area contributed by atoms with Crippen molar-refractivity contribution in [3.05, 3.63) is 106 Å². The molecule has 1 N–H and O–H groups in total. The molecule has 0 aliphatic carbocycles. The number of anilines is 1. The fraction of sp³-hybridized carbons (Fsp3) is 0.361. The van der Waals surface area contributed by atoms with Crippen LogP contribution in [0.1, 0.15) is 58.1 Å². The lowest BCUT2D eigenvalue weighted by atomic mass is 9.92. The van der Waals surface area contributed by atoms with Crippen LogP contribution in [0.4, 0.5) is 23.4 Å². The molecule has 1 saturated heterocycles. The molecule has 0 saturated carbocycles. The molecular weight excluding hydrogens is 654 g/mol. The summed E-state index contributed by atoms with van der Waals surface area (Å²) in [7, 11) is 0. The van der Waals surface area contributed by atoms with Crippen LogP contribution in [0.5, 0.6) is 11.5 Å². The minimum Gasteiger partial charge on any atom is -0.454 e. The van der Waals surface area contributed by atoms with E-state index < -0.39 is 29.5 Å². The second kappa shape index (κ2) is 14.9. The lowest BCUT2D eigenvalue weighted by Crippen LogP contribution is -2.45. The van der Waals surface area contributed by atoms with Gasteiger partial charge in [0.1, 0.15) is 11.6 Å². The number of pyridine rings is 1. The van der Waals surface area contributed by atoms with Gasteiger partial charge in [0.25, 0.3) is 5.91 Å². The first-order valence-corrected chi connectivity index (χ1v) is 16.5. The predicted octanol–water partition coefficient (Wildman–Crippen LogP) is 5.90. The van der Waals surface area contributed by atoms with Gasteiger partial charge in [-0.1, -0.05) is 25.1 Å². The molecular formula is C36H37F4N7O3. The smallest absolute Gasteiger partial charge is 0.416 e. The van der Waals surface area contributed by atoms with E-state index in [1.54, 1.807) is 23.1 Å². The van der Waals surface area contributed by atoms with Crippen molar-refractivity contribution in [2.24, 2.45) is 0 Å². The zero-order chi connectivity index (χ0) is 35.4. The quantitative estimate of drug-likeness (QED) is 0.217. The molecule has 2 amide bonds. The number of halogens is 4. The van der Waals surface area contributed by atoms with Crippen molar-refractivity contribution in [3.63, 3.8) is 0 Å². The van der Waals surface area contributed by atoms with Crippen LogP contribution in [0.15, 0.2) is 67.1 Å². The van der Waals surface area contributed by atoms with E-state index in [-0.39, 0.29) is 41.6 Å². The summed E-state index contributed by atoms with van der Waals surface area (Å²) in [5.41, 5.74) is 1.80. The summed E-state index contributed by atoms with van der Waals surface area (Å²) in [5, 5.41) is 9.87. The highest BCUT2D eigenvalue weighted by Gasteiger charge is 2.35. The summed E-state index contributed by atoms with van der Waals surface area (Å²) in [4.78, 5) is 35.9. The molecule has 50 heavy (non-hydrogen) atoms. The van der Waals surface area contributed by atoms with Crippen molar-refractivity contribution < 1.29 is 31.9 Å². The van der Waals surface area contributed by atoms with Gasteiger partial charge in [-0.25, -0.2) is 9.37 Å². The third-order valence-corrected chi connectivity index (χ3v) is 9.25. The number of nitrogens with one attached hydrogen (secondary N) is 1. The van der Waals surface area contributed by atoms with Gasteiger partial charge in [0.15, 0.2) is 11.6 Å². The zero-order valence-electron chi connectivity index (χ0n) is 27.7. The fourth-order valence-electron chi connectivity index (χ4n) is 6.42. The minimum absolute atomic E-state index is 0.0582. The lowest BCUT2D eigenvalue weighted by molar-refractivity contribution is -0.139. The van der Waals surface area contributed by atoms with Gasteiger partial charge in [-0.05, 0) is 66.4 Å². The number of benzene rings is 2. The highest BCUT2D eigenvalue weighted by molar-refractivity contribution is 6.03. The maximum absolute atomic E-state index is 14.7. The zero-order valence-corrected chi connectivity index (χ0v) is 27.7. The van der Waals surface area contributed by atoms with E-state index in [9.17, 15) is 27.2 Å². The Balaban J connectivity index is 1.14. The van der Waals surface area contributed by atoms with E-state index in [1.165, 1.54) is 30.6 Å². The summed E-state index contributed by atoms with van der Waals surface area (Å²) in [5.74, 6) is -1.37. The van der Waals surface area contributed by atoms with Gasteiger partial charge in [0.05, 0.1) is 42.2 Å². The number of hydrogen-bond donors (Lipinski definition) is 1. The van der Waals surface area contributed by atoms with Crippen LogP contribution in [0.25, 0.3) is 0 Å². The van der Waals surface area contributed by atoms with Crippen molar-refractivity contribution in [2.45, 2.75) is 45.5 Å². The first-order valence-electron chi connectivity index (χ1n) is 16.5. The van der Waals surface area contributed by atoms with Gasteiger partial charge in [-0.3, -0.25) is 14.5 Å². The van der Waals surface area contributed by atoms with Crippen molar-refractivity contribution in [2.75, 3.05) is 44.6 Å². The number of ether oxygens (including phenoxy) is 1. The number of amides is 2. The Morgan fingerprint density at radius 2 is 1.74 bits per heavy atom. The lowest BCUT2D eigenvalue weighted by Gasteiger charge is -2.36. The van der Waals surface area contributed by atoms with Gasteiger partial charge in [-0.15, -0.1) is 0 Å². The number of aromatic nitrogens is 3. The second-order valence-electron chi connectivity index (χ2n) is 12.4. The monoisotopic (exact) mass is 691 g/mol. The molecule has 0 spiro atoms. The maximum atomic E-state index is 14.7. The summed E-state index contributed by atoms with van der Waals surface area (Å²) < 4.78 is 63.2. The molecule has 1 atom stereocenters. The minimum atomic E-state index is -4.55. The Bertz CT molecular complexity index is 1850. The Labute approximate surface area is 287 Å². The van der Waals surface area contributed by atoms with E-state index in [1.807, 2.05) is 17.9 Å². The number of carbonyl (C=O) groups excluding carboxylic acids is 2. The van der Waals surface area contributed by atoms with E-state index >= 15 is 0 Å². The van der Waals surface area contributed by atoms with Gasteiger partial charge >= 0.3 is 6.18 Å². The number of hydrogen-bond acceptors (Lipinski definition) is 8. The van der Waals surface area contributed by atoms with Crippen molar-refractivity contribution in [1.29, 1.82) is 0 Å². The third-order valence-electron chi connectivity index (χ3n) is 9.25. The predicted molar refractivity (Wildman–Crippen MR) is 177 cm³/mol. The average Bonchev–Trinajstić information content (AvgIpc) is 3.11. The molecule has 2 aliphatic heterocycles. The molecule has 0 radical (unpaired) electrons. The molecule has 2 aromatic carbocycles. The number of piperazine rings is 1. The topological polar surface area (TPSA) is 104 Å². The molecule has 262 valence electrons. The Hall–Kier alpha value is -4.95. The van der Waals surface area contributed by atoms with Crippen LogP contribution in [0, 0.1) is 5.82 Å². The fourth-order valence-corrected chi connectivity index (χ4v) is 6.42. The second-order valence-corrected chi connectivity index (χ2v) is 12.4. The summed E-state index contributed by atoms with van der Waals surface area (Å²) >= 11 is 0. The van der Waals surface area contributed by atoms with Crippen LogP contribution < -0.4 is 10.1 Å². The average molecular weight is 692 g/mol. The van der Waals surface area contributed by atoms with Gasteiger partial charge < -0.3 is 19.9 Å². The molecule has 4 heterocycles. The molecule has 1 fully saturated rings. The largest absolute Gasteiger partial charge is 0.454 e. The molecule has 14 heteroatoms. The van der Waals surface area contributed by atoms with Gasteiger partial charge in [0, 0.05) is 45.3 Å². The molecule has 0 bridgehead atoms. The first-order chi connectivity index (χ1) is 24.0. The van der Waals surface area contributed by atoms with Crippen LogP contribution in [0.3, 0.4) is 0 Å². The van der Waals surface area contributed by atoms with Crippen LogP contribution >= 0.6 is 0 Å². The first kappa shape index (κ1) is 34.9. The van der Waals surface area contributed by atoms with Crippen molar-refractivity contribution in [1.82, 2.24) is 29.9 Å². The SMILES string of the molecule is CCN1CCN(Cc2ccc(CC(=O)N3CCc4ccc(Oc5cc(NC(=O)c6ccnnc6)ncc5F)cc4[C@@H]3C)cc2C(F)(F)F)CC1. The molecule has 2 aliphatic rings. The van der Waals surface area contributed by atoms with Gasteiger partial charge in [-0.2, -0.15) is 23.4 Å². The number of nitrogens with zero attached hydrogens (tertiary/aromatic N) is 6. The molecule has 0 unspecified atom stereocenters. The molecule has 6 rings (SSSR count). The highest BCUT2D eigenvalue weighted by atomic mass is 19.4. The van der Waals surface area contributed by atoms with Crippen LogP contribution in [0.2, 0.25) is 0 Å². The maximum Gasteiger partial charge on any atom is 0.416 e. The summed E-state index contributed by atoms with van der Waals surface area (Å²) in [6, 6.07) is 11.8. The van der Waals surface area contributed by atoms with E-state index in [0.29, 0.717) is 37.4 Å². The molecule has 4 aromatic rings.